The molecule has 0 aromatic carbocycles. The summed E-state index contributed by atoms with van der Waals surface area (Å²) in [7, 11) is 0. The molecule has 1 saturated carbocycles. The maximum absolute atomic E-state index is 9.58. The number of aliphatic hydroxyl groups is 2. The molecule has 0 saturated heterocycles. The van der Waals surface area contributed by atoms with E-state index in [1.807, 2.05) is 0 Å². The predicted molar refractivity (Wildman–Crippen MR) is 39.6 cm³/mol. The zero-order valence-corrected chi connectivity index (χ0v) is 6.08. The van der Waals surface area contributed by atoms with Crippen molar-refractivity contribution >= 4 is 0 Å². The zero-order chi connectivity index (χ0) is 7.61. The van der Waals surface area contributed by atoms with Crippen LogP contribution >= 0.6 is 0 Å². The molecule has 0 spiro atoms. The topological polar surface area (TPSA) is 40.5 Å². The standard InChI is InChI=1S/C8H14O2/c1-2-8(10)6-4-3-5-7(8)9/h2,7,9-10H,1,3-6H2. The second-order valence-electron chi connectivity index (χ2n) is 2.96. The van der Waals surface area contributed by atoms with Gasteiger partial charge in [-0.15, -0.1) is 6.58 Å². The van der Waals surface area contributed by atoms with Crippen molar-refractivity contribution in [2.24, 2.45) is 0 Å². The summed E-state index contributed by atoms with van der Waals surface area (Å²) < 4.78 is 0. The van der Waals surface area contributed by atoms with Crippen LogP contribution in [0.5, 0.6) is 0 Å². The lowest BCUT2D eigenvalue weighted by Gasteiger charge is -2.33. The third-order valence-electron chi connectivity index (χ3n) is 2.24. The Balaban J connectivity index is 2.62. The highest BCUT2D eigenvalue weighted by Crippen LogP contribution is 2.28. The minimum absolute atomic E-state index is 0.598. The number of hydrogen-bond donors (Lipinski definition) is 2. The molecule has 0 aromatic heterocycles. The van der Waals surface area contributed by atoms with E-state index < -0.39 is 11.7 Å². The molecule has 0 bridgehead atoms. The van der Waals surface area contributed by atoms with Crippen LogP contribution in [0.15, 0.2) is 12.7 Å². The molecule has 2 heteroatoms. The molecule has 10 heavy (non-hydrogen) atoms. The van der Waals surface area contributed by atoms with Gasteiger partial charge in [0, 0.05) is 0 Å². The summed E-state index contributed by atoms with van der Waals surface area (Å²) in [5.74, 6) is 0. The Morgan fingerprint density at radius 3 is 2.60 bits per heavy atom. The lowest BCUT2D eigenvalue weighted by molar-refractivity contribution is -0.0651. The van der Waals surface area contributed by atoms with Crippen molar-refractivity contribution in [3.05, 3.63) is 12.7 Å². The SMILES string of the molecule is C=CC1(O)CCCCC1O. The molecule has 0 amide bonds. The highest BCUT2D eigenvalue weighted by atomic mass is 16.3. The van der Waals surface area contributed by atoms with Crippen LogP contribution < -0.4 is 0 Å². The van der Waals surface area contributed by atoms with Gasteiger partial charge < -0.3 is 10.2 Å². The maximum Gasteiger partial charge on any atom is 0.108 e. The van der Waals surface area contributed by atoms with Gasteiger partial charge in [-0.05, 0) is 12.8 Å². The predicted octanol–water partition coefficient (Wildman–Crippen LogP) is 0.838. The lowest BCUT2D eigenvalue weighted by atomic mass is 9.82. The van der Waals surface area contributed by atoms with Crippen LogP contribution in [0.3, 0.4) is 0 Å². The second-order valence-corrected chi connectivity index (χ2v) is 2.96. The summed E-state index contributed by atoms with van der Waals surface area (Å²) in [4.78, 5) is 0. The van der Waals surface area contributed by atoms with E-state index in [1.165, 1.54) is 6.08 Å². The largest absolute Gasteiger partial charge is 0.390 e. The third-order valence-corrected chi connectivity index (χ3v) is 2.24. The lowest BCUT2D eigenvalue weighted by Crippen LogP contribution is -2.42. The van der Waals surface area contributed by atoms with Gasteiger partial charge >= 0.3 is 0 Å². The van der Waals surface area contributed by atoms with E-state index >= 15 is 0 Å². The molecule has 2 atom stereocenters. The van der Waals surface area contributed by atoms with Gasteiger partial charge in [-0.25, -0.2) is 0 Å². The van der Waals surface area contributed by atoms with Crippen molar-refractivity contribution in [2.75, 3.05) is 0 Å². The Morgan fingerprint density at radius 1 is 1.50 bits per heavy atom. The van der Waals surface area contributed by atoms with E-state index in [0.29, 0.717) is 12.8 Å². The molecule has 58 valence electrons. The van der Waals surface area contributed by atoms with Gasteiger partial charge in [0.05, 0.1) is 6.10 Å². The van der Waals surface area contributed by atoms with Crippen molar-refractivity contribution in [1.29, 1.82) is 0 Å². The van der Waals surface area contributed by atoms with Gasteiger partial charge in [-0.3, -0.25) is 0 Å². The fraction of sp³-hybridized carbons (Fsp3) is 0.750. The van der Waals surface area contributed by atoms with E-state index in [4.69, 9.17) is 0 Å². The molecule has 0 aromatic rings. The first-order chi connectivity index (χ1) is 4.69. The van der Waals surface area contributed by atoms with E-state index in [2.05, 4.69) is 6.58 Å². The summed E-state index contributed by atoms with van der Waals surface area (Å²) >= 11 is 0. The Morgan fingerprint density at radius 2 is 2.20 bits per heavy atom. The summed E-state index contributed by atoms with van der Waals surface area (Å²) in [5, 5.41) is 18.9. The molecule has 2 unspecified atom stereocenters. The number of aliphatic hydroxyl groups excluding tert-OH is 1. The molecule has 1 fully saturated rings. The highest BCUT2D eigenvalue weighted by Gasteiger charge is 2.34. The summed E-state index contributed by atoms with van der Waals surface area (Å²) in [6.45, 7) is 3.50. The molecule has 2 nitrogen and oxygen atoms in total. The van der Waals surface area contributed by atoms with Gasteiger partial charge in [-0.2, -0.15) is 0 Å². The average molecular weight is 142 g/mol. The first-order valence-electron chi connectivity index (χ1n) is 3.73. The Kier molecular flexibility index (Phi) is 2.11. The van der Waals surface area contributed by atoms with Gasteiger partial charge in [0.15, 0.2) is 0 Å². The molecule has 1 rings (SSSR count). The first-order valence-corrected chi connectivity index (χ1v) is 3.73. The minimum atomic E-state index is -1.00. The summed E-state index contributed by atoms with van der Waals surface area (Å²) in [6.07, 6.45) is 4.20. The van der Waals surface area contributed by atoms with Crippen LogP contribution in [0.2, 0.25) is 0 Å². The van der Waals surface area contributed by atoms with Crippen molar-refractivity contribution in [3.63, 3.8) is 0 Å². The number of rotatable bonds is 1. The van der Waals surface area contributed by atoms with Crippen LogP contribution in [0, 0.1) is 0 Å². The van der Waals surface area contributed by atoms with Gasteiger partial charge in [-0.1, -0.05) is 18.9 Å². The number of hydrogen-bond acceptors (Lipinski definition) is 2. The quantitative estimate of drug-likeness (QED) is 0.532. The van der Waals surface area contributed by atoms with Crippen LogP contribution in [0.1, 0.15) is 25.7 Å². The van der Waals surface area contributed by atoms with E-state index in [1.54, 1.807) is 0 Å². The Labute approximate surface area is 61.2 Å². The molecule has 0 heterocycles. The average Bonchev–Trinajstić information content (AvgIpc) is 1.96. The molecule has 0 aliphatic heterocycles. The van der Waals surface area contributed by atoms with Crippen molar-refractivity contribution in [3.8, 4) is 0 Å². The molecular weight excluding hydrogens is 128 g/mol. The smallest absolute Gasteiger partial charge is 0.108 e. The summed E-state index contributed by atoms with van der Waals surface area (Å²) in [5.41, 5.74) is -1.00. The Hall–Kier alpha value is -0.340. The molecule has 1 aliphatic carbocycles. The van der Waals surface area contributed by atoms with Gasteiger partial charge in [0.1, 0.15) is 5.60 Å². The molecular formula is C8H14O2. The van der Waals surface area contributed by atoms with Crippen LogP contribution in [-0.4, -0.2) is 21.9 Å². The van der Waals surface area contributed by atoms with Crippen LogP contribution in [-0.2, 0) is 0 Å². The van der Waals surface area contributed by atoms with Crippen molar-refractivity contribution in [1.82, 2.24) is 0 Å². The van der Waals surface area contributed by atoms with Crippen LogP contribution in [0.25, 0.3) is 0 Å². The maximum atomic E-state index is 9.58. The molecule has 2 N–H and O–H groups in total. The fourth-order valence-electron chi connectivity index (χ4n) is 1.40. The normalized spacial score (nSPS) is 41.2. The van der Waals surface area contributed by atoms with E-state index in [0.717, 1.165) is 12.8 Å². The van der Waals surface area contributed by atoms with Crippen molar-refractivity contribution < 1.29 is 10.2 Å². The van der Waals surface area contributed by atoms with Gasteiger partial charge in [0.25, 0.3) is 0 Å². The second kappa shape index (κ2) is 2.72. The van der Waals surface area contributed by atoms with Crippen LogP contribution in [0.4, 0.5) is 0 Å². The van der Waals surface area contributed by atoms with E-state index in [-0.39, 0.29) is 0 Å². The molecule has 1 aliphatic rings. The fourth-order valence-corrected chi connectivity index (χ4v) is 1.40. The zero-order valence-electron chi connectivity index (χ0n) is 6.08. The molecule has 0 radical (unpaired) electrons. The highest BCUT2D eigenvalue weighted by molar-refractivity contribution is 5.02. The van der Waals surface area contributed by atoms with Crippen molar-refractivity contribution in [2.45, 2.75) is 37.4 Å². The third kappa shape index (κ3) is 1.22. The van der Waals surface area contributed by atoms with Gasteiger partial charge in [0.2, 0.25) is 0 Å². The minimum Gasteiger partial charge on any atom is -0.390 e. The monoisotopic (exact) mass is 142 g/mol. The first kappa shape index (κ1) is 7.76. The summed E-state index contributed by atoms with van der Waals surface area (Å²) in [6, 6.07) is 0. The van der Waals surface area contributed by atoms with E-state index in [9.17, 15) is 10.2 Å². The Bertz CT molecular complexity index is 133.